The number of nitrogens with zero attached hydrogens (tertiary/aromatic N) is 1. The van der Waals surface area contributed by atoms with Crippen LogP contribution in [-0.2, 0) is 0 Å². The topological polar surface area (TPSA) is 55.3 Å². The van der Waals surface area contributed by atoms with Gasteiger partial charge >= 0.3 is 0 Å². The molecule has 19 heavy (non-hydrogen) atoms. The highest BCUT2D eigenvalue weighted by molar-refractivity contribution is 6.33. The molecule has 0 aromatic heterocycles. The highest BCUT2D eigenvalue weighted by atomic mass is 35.5. The lowest BCUT2D eigenvalue weighted by Gasteiger charge is -2.23. The Morgan fingerprint density at radius 2 is 1.74 bits per heavy atom. The van der Waals surface area contributed by atoms with Gasteiger partial charge in [-0.1, -0.05) is 23.7 Å². The molecular weight excluding hydrogens is 272 g/mol. The van der Waals surface area contributed by atoms with E-state index in [9.17, 15) is 8.78 Å². The number of para-hydroxylation sites is 1. The van der Waals surface area contributed by atoms with Crippen LogP contribution in [0.5, 0.6) is 0 Å². The lowest BCUT2D eigenvalue weighted by molar-refractivity contribution is 0.618. The van der Waals surface area contributed by atoms with Crippen molar-refractivity contribution in [1.82, 2.24) is 0 Å². The van der Waals surface area contributed by atoms with Crippen molar-refractivity contribution >= 4 is 34.4 Å². The molecule has 2 rings (SSSR count). The monoisotopic (exact) mass is 283 g/mol. The van der Waals surface area contributed by atoms with E-state index in [1.807, 2.05) is 0 Å². The smallest absolute Gasteiger partial charge is 0.169 e. The van der Waals surface area contributed by atoms with E-state index in [0.717, 1.165) is 0 Å². The number of anilines is 4. The fourth-order valence-electron chi connectivity index (χ4n) is 1.84. The molecule has 0 aliphatic rings. The van der Waals surface area contributed by atoms with Crippen molar-refractivity contribution < 1.29 is 8.78 Å². The van der Waals surface area contributed by atoms with Crippen LogP contribution in [0.4, 0.5) is 31.5 Å². The molecule has 0 unspecified atom stereocenters. The second-order valence-corrected chi connectivity index (χ2v) is 4.42. The van der Waals surface area contributed by atoms with Gasteiger partial charge in [0.15, 0.2) is 5.82 Å². The third kappa shape index (κ3) is 2.29. The maximum atomic E-state index is 14.1. The molecule has 2 aromatic carbocycles. The molecule has 6 heteroatoms. The Morgan fingerprint density at radius 1 is 1.11 bits per heavy atom. The molecule has 0 radical (unpaired) electrons. The highest BCUT2D eigenvalue weighted by Gasteiger charge is 2.20. The van der Waals surface area contributed by atoms with Gasteiger partial charge in [0.2, 0.25) is 0 Å². The zero-order valence-electron chi connectivity index (χ0n) is 10.1. The van der Waals surface area contributed by atoms with Gasteiger partial charge in [0.25, 0.3) is 0 Å². The standard InChI is InChI=1S/C13H12ClF2N3/c1-19(10-5-3-2-4-7(10)15)13-9(18)6-8(17)11(14)12(13)16/h2-6H,17-18H2,1H3. The lowest BCUT2D eigenvalue weighted by Crippen LogP contribution is -2.15. The van der Waals surface area contributed by atoms with Crippen LogP contribution in [-0.4, -0.2) is 7.05 Å². The molecule has 0 saturated heterocycles. The first-order valence-corrected chi connectivity index (χ1v) is 5.82. The lowest BCUT2D eigenvalue weighted by atomic mass is 10.2. The number of hydrogen-bond acceptors (Lipinski definition) is 3. The average Bonchev–Trinajstić information content (AvgIpc) is 2.36. The first-order valence-electron chi connectivity index (χ1n) is 5.44. The van der Waals surface area contributed by atoms with Gasteiger partial charge in [-0.15, -0.1) is 0 Å². The molecule has 2 aromatic rings. The van der Waals surface area contributed by atoms with E-state index in [2.05, 4.69) is 0 Å². The quantitative estimate of drug-likeness (QED) is 0.829. The third-order valence-electron chi connectivity index (χ3n) is 2.79. The van der Waals surface area contributed by atoms with Crippen molar-refractivity contribution in [2.75, 3.05) is 23.4 Å². The predicted octanol–water partition coefficient (Wildman–Crippen LogP) is 3.55. The number of nitrogen functional groups attached to an aromatic ring is 2. The summed E-state index contributed by atoms with van der Waals surface area (Å²) in [6.45, 7) is 0. The summed E-state index contributed by atoms with van der Waals surface area (Å²) >= 11 is 5.75. The molecular formula is C13H12ClF2N3. The van der Waals surface area contributed by atoms with Gasteiger partial charge in [-0.25, -0.2) is 8.78 Å². The van der Waals surface area contributed by atoms with E-state index in [1.54, 1.807) is 12.1 Å². The summed E-state index contributed by atoms with van der Waals surface area (Å²) in [6.07, 6.45) is 0. The molecule has 0 spiro atoms. The summed E-state index contributed by atoms with van der Waals surface area (Å²) in [5.74, 6) is -1.26. The Kier molecular flexibility index (Phi) is 3.48. The minimum atomic E-state index is -0.773. The van der Waals surface area contributed by atoms with Crippen LogP contribution in [0.1, 0.15) is 0 Å². The zero-order valence-corrected chi connectivity index (χ0v) is 10.9. The Morgan fingerprint density at radius 3 is 2.37 bits per heavy atom. The van der Waals surface area contributed by atoms with Crippen LogP contribution < -0.4 is 16.4 Å². The molecule has 0 aliphatic carbocycles. The minimum absolute atomic E-state index is 0.00991. The largest absolute Gasteiger partial charge is 0.397 e. The van der Waals surface area contributed by atoms with E-state index in [4.69, 9.17) is 23.1 Å². The maximum absolute atomic E-state index is 14.1. The van der Waals surface area contributed by atoms with E-state index in [1.165, 1.54) is 30.1 Å². The summed E-state index contributed by atoms with van der Waals surface area (Å²) in [5, 5.41) is -0.229. The SMILES string of the molecule is CN(c1ccccc1F)c1c(N)cc(N)c(Cl)c1F. The third-order valence-corrected chi connectivity index (χ3v) is 3.17. The number of rotatable bonds is 2. The molecule has 0 heterocycles. The number of nitrogens with two attached hydrogens (primary N) is 2. The van der Waals surface area contributed by atoms with Crippen LogP contribution in [0.3, 0.4) is 0 Å². The average molecular weight is 284 g/mol. The maximum Gasteiger partial charge on any atom is 0.169 e. The molecule has 0 bridgehead atoms. The predicted molar refractivity (Wildman–Crippen MR) is 74.7 cm³/mol. The van der Waals surface area contributed by atoms with E-state index >= 15 is 0 Å². The van der Waals surface area contributed by atoms with Crippen LogP contribution >= 0.6 is 11.6 Å². The van der Waals surface area contributed by atoms with E-state index in [-0.39, 0.29) is 27.8 Å². The van der Waals surface area contributed by atoms with E-state index in [0.29, 0.717) is 0 Å². The van der Waals surface area contributed by atoms with Crippen LogP contribution in [0, 0.1) is 11.6 Å². The first-order chi connectivity index (χ1) is 8.93. The van der Waals surface area contributed by atoms with Gasteiger partial charge < -0.3 is 16.4 Å². The number of hydrogen-bond donors (Lipinski definition) is 2. The fraction of sp³-hybridized carbons (Fsp3) is 0.0769. The van der Waals surface area contributed by atoms with Crippen LogP contribution in [0.2, 0.25) is 5.02 Å². The number of benzene rings is 2. The van der Waals surface area contributed by atoms with Gasteiger partial charge in [0.1, 0.15) is 16.5 Å². The molecule has 4 N–H and O–H groups in total. The molecule has 0 atom stereocenters. The summed E-state index contributed by atoms with van der Waals surface area (Å²) in [4.78, 5) is 1.30. The highest BCUT2D eigenvalue weighted by Crippen LogP contribution is 2.39. The normalized spacial score (nSPS) is 10.5. The summed E-state index contributed by atoms with van der Waals surface area (Å²) in [7, 11) is 1.50. The fourth-order valence-corrected chi connectivity index (χ4v) is 1.99. The van der Waals surface area contributed by atoms with E-state index < -0.39 is 11.6 Å². The van der Waals surface area contributed by atoms with Gasteiger partial charge in [0.05, 0.1) is 17.1 Å². The van der Waals surface area contributed by atoms with Crippen LogP contribution in [0.25, 0.3) is 0 Å². The van der Waals surface area contributed by atoms with Crippen molar-refractivity contribution in [2.24, 2.45) is 0 Å². The molecule has 0 fully saturated rings. The molecule has 3 nitrogen and oxygen atoms in total. The summed E-state index contributed by atoms with van der Waals surface area (Å²) in [5.41, 5.74) is 11.6. The second kappa shape index (κ2) is 4.93. The number of halogens is 3. The summed E-state index contributed by atoms with van der Waals surface area (Å²) < 4.78 is 27.8. The van der Waals surface area contributed by atoms with Crippen molar-refractivity contribution in [3.05, 3.63) is 47.0 Å². The Balaban J connectivity index is 2.60. The minimum Gasteiger partial charge on any atom is -0.397 e. The van der Waals surface area contributed by atoms with Crippen molar-refractivity contribution in [1.29, 1.82) is 0 Å². The Hall–Kier alpha value is -2.01. The van der Waals surface area contributed by atoms with Crippen molar-refractivity contribution in [3.63, 3.8) is 0 Å². The van der Waals surface area contributed by atoms with Gasteiger partial charge in [0, 0.05) is 7.05 Å². The molecule has 0 saturated carbocycles. The Bertz CT molecular complexity index is 632. The molecule has 0 amide bonds. The van der Waals surface area contributed by atoms with Gasteiger partial charge in [-0.3, -0.25) is 0 Å². The zero-order chi connectivity index (χ0) is 14.2. The van der Waals surface area contributed by atoms with Crippen molar-refractivity contribution in [2.45, 2.75) is 0 Å². The summed E-state index contributed by atoms with van der Waals surface area (Å²) in [6, 6.07) is 7.32. The molecule has 100 valence electrons. The van der Waals surface area contributed by atoms with Gasteiger partial charge in [-0.2, -0.15) is 0 Å². The molecule has 0 aliphatic heterocycles. The second-order valence-electron chi connectivity index (χ2n) is 4.04. The van der Waals surface area contributed by atoms with Crippen molar-refractivity contribution in [3.8, 4) is 0 Å². The van der Waals surface area contributed by atoms with Crippen LogP contribution in [0.15, 0.2) is 30.3 Å². The first kappa shape index (κ1) is 13.4. The Labute approximate surface area is 114 Å². The van der Waals surface area contributed by atoms with Gasteiger partial charge in [-0.05, 0) is 18.2 Å².